The zero-order chi connectivity index (χ0) is 20.1. The smallest absolute Gasteiger partial charge is 0.288 e. The number of morpholine rings is 1. The Morgan fingerprint density at radius 1 is 0.966 bits per heavy atom. The van der Waals surface area contributed by atoms with E-state index in [-0.39, 0.29) is 5.56 Å². The second kappa shape index (κ2) is 9.31. The van der Waals surface area contributed by atoms with Gasteiger partial charge in [0.2, 0.25) is 0 Å². The van der Waals surface area contributed by atoms with Crippen molar-refractivity contribution in [3.05, 3.63) is 81.2 Å². The third-order valence-corrected chi connectivity index (χ3v) is 5.24. The fraction of sp³-hybridized carbons (Fsp3) is 0.318. The molecule has 29 heavy (non-hydrogen) atoms. The minimum Gasteiger partial charge on any atom is -0.379 e. The third kappa shape index (κ3) is 5.09. The Hall–Kier alpha value is -2.54. The molecule has 0 radical (unpaired) electrons. The molecule has 6 nitrogen and oxygen atoms in total. The van der Waals surface area contributed by atoms with E-state index in [1.54, 1.807) is 4.68 Å². The summed E-state index contributed by atoms with van der Waals surface area (Å²) in [5, 5.41) is 5.23. The fourth-order valence-electron chi connectivity index (χ4n) is 3.34. The lowest BCUT2D eigenvalue weighted by molar-refractivity contribution is 0.0357. The van der Waals surface area contributed by atoms with Crippen LogP contribution >= 0.6 is 11.6 Å². The maximum Gasteiger partial charge on any atom is 0.288 e. The monoisotopic (exact) mass is 410 g/mol. The quantitative estimate of drug-likeness (QED) is 0.625. The van der Waals surface area contributed by atoms with Gasteiger partial charge in [0, 0.05) is 36.6 Å². The van der Waals surface area contributed by atoms with E-state index in [2.05, 4.69) is 15.0 Å². The minimum atomic E-state index is -0.145. The van der Waals surface area contributed by atoms with Crippen LogP contribution in [0.1, 0.15) is 11.3 Å². The van der Waals surface area contributed by atoms with Crippen LogP contribution in [0.2, 0.25) is 5.02 Å². The fourth-order valence-corrected chi connectivity index (χ4v) is 3.47. The first-order valence-corrected chi connectivity index (χ1v) is 10.1. The zero-order valence-corrected chi connectivity index (χ0v) is 16.9. The van der Waals surface area contributed by atoms with Gasteiger partial charge in [0.1, 0.15) is 5.69 Å². The molecule has 150 valence electrons. The number of rotatable bonds is 6. The number of hydrogen-bond donors (Lipinski definition) is 0. The van der Waals surface area contributed by atoms with E-state index in [9.17, 15) is 4.79 Å². The SMILES string of the molecule is O=c1c(Cc2ccc(Cl)cc2)nc(-c2ccccc2)nn1CCN1CCOCC1. The molecule has 2 aromatic carbocycles. The van der Waals surface area contributed by atoms with Gasteiger partial charge in [0.25, 0.3) is 5.56 Å². The van der Waals surface area contributed by atoms with Crippen molar-refractivity contribution in [1.29, 1.82) is 0 Å². The van der Waals surface area contributed by atoms with Gasteiger partial charge >= 0.3 is 0 Å². The first-order valence-electron chi connectivity index (χ1n) is 9.77. The van der Waals surface area contributed by atoms with E-state index in [0.717, 1.165) is 44.0 Å². The normalized spacial score (nSPS) is 14.8. The molecule has 0 spiro atoms. The molecule has 1 aliphatic heterocycles. The van der Waals surface area contributed by atoms with Gasteiger partial charge in [-0.3, -0.25) is 9.69 Å². The van der Waals surface area contributed by atoms with Crippen LogP contribution < -0.4 is 5.56 Å². The Morgan fingerprint density at radius 2 is 1.69 bits per heavy atom. The van der Waals surface area contributed by atoms with Crippen LogP contribution in [0.25, 0.3) is 11.4 Å². The summed E-state index contributed by atoms with van der Waals surface area (Å²) in [6.45, 7) is 4.50. The van der Waals surface area contributed by atoms with Crippen molar-refractivity contribution < 1.29 is 4.74 Å². The van der Waals surface area contributed by atoms with Gasteiger partial charge in [0.15, 0.2) is 5.82 Å². The molecule has 0 saturated carbocycles. The molecule has 0 bridgehead atoms. The highest BCUT2D eigenvalue weighted by Crippen LogP contribution is 2.15. The first-order chi connectivity index (χ1) is 14.2. The molecule has 1 aromatic heterocycles. The Kier molecular flexibility index (Phi) is 6.34. The molecule has 4 rings (SSSR count). The van der Waals surface area contributed by atoms with Gasteiger partial charge in [-0.05, 0) is 17.7 Å². The van der Waals surface area contributed by atoms with E-state index in [1.807, 2.05) is 54.6 Å². The molecular weight excluding hydrogens is 388 g/mol. The average molecular weight is 411 g/mol. The lowest BCUT2D eigenvalue weighted by Gasteiger charge is -2.26. The van der Waals surface area contributed by atoms with Crippen LogP contribution in [0.5, 0.6) is 0 Å². The first kappa shape index (κ1) is 19.8. The molecule has 1 fully saturated rings. The molecule has 1 aliphatic rings. The highest BCUT2D eigenvalue weighted by Gasteiger charge is 2.15. The van der Waals surface area contributed by atoms with Gasteiger partial charge in [-0.1, -0.05) is 54.1 Å². The second-order valence-corrected chi connectivity index (χ2v) is 7.47. The summed E-state index contributed by atoms with van der Waals surface area (Å²) in [5.74, 6) is 0.566. The highest BCUT2D eigenvalue weighted by atomic mass is 35.5. The molecular formula is C22H23ClN4O2. The molecule has 0 amide bonds. The molecule has 0 aliphatic carbocycles. The maximum atomic E-state index is 13.1. The van der Waals surface area contributed by atoms with Crippen molar-refractivity contribution in [2.45, 2.75) is 13.0 Å². The van der Waals surface area contributed by atoms with Gasteiger partial charge in [0.05, 0.1) is 19.8 Å². The van der Waals surface area contributed by atoms with Crippen molar-refractivity contribution in [3.8, 4) is 11.4 Å². The average Bonchev–Trinajstić information content (AvgIpc) is 2.77. The standard InChI is InChI=1S/C22H23ClN4O2/c23-19-8-6-17(7-9-19)16-20-22(28)27(11-10-26-12-14-29-15-13-26)25-21(24-20)18-4-2-1-3-5-18/h1-9H,10-16H2. The molecule has 0 N–H and O–H groups in total. The Bertz CT molecular complexity index is 1000. The van der Waals surface area contributed by atoms with Gasteiger partial charge in [-0.25, -0.2) is 9.67 Å². The van der Waals surface area contributed by atoms with Crippen molar-refractivity contribution >= 4 is 11.6 Å². The predicted molar refractivity (Wildman–Crippen MR) is 113 cm³/mol. The van der Waals surface area contributed by atoms with Gasteiger partial charge in [-0.2, -0.15) is 0 Å². The number of hydrogen-bond acceptors (Lipinski definition) is 5. The summed E-state index contributed by atoms with van der Waals surface area (Å²) in [7, 11) is 0. The Labute approximate surface area is 174 Å². The lowest BCUT2D eigenvalue weighted by Crippen LogP contribution is -2.40. The maximum absolute atomic E-state index is 13.1. The molecule has 2 heterocycles. The van der Waals surface area contributed by atoms with E-state index in [4.69, 9.17) is 16.3 Å². The largest absolute Gasteiger partial charge is 0.379 e. The van der Waals surface area contributed by atoms with Gasteiger partial charge < -0.3 is 4.74 Å². The molecule has 1 saturated heterocycles. The lowest BCUT2D eigenvalue weighted by atomic mass is 10.1. The zero-order valence-electron chi connectivity index (χ0n) is 16.1. The van der Waals surface area contributed by atoms with E-state index < -0.39 is 0 Å². The third-order valence-electron chi connectivity index (χ3n) is 4.99. The van der Waals surface area contributed by atoms with Crippen LogP contribution in [0, 0.1) is 0 Å². The van der Waals surface area contributed by atoms with Crippen molar-refractivity contribution in [3.63, 3.8) is 0 Å². The number of halogens is 1. The summed E-state index contributed by atoms with van der Waals surface area (Å²) >= 11 is 5.99. The van der Waals surface area contributed by atoms with E-state index in [0.29, 0.717) is 29.5 Å². The highest BCUT2D eigenvalue weighted by molar-refractivity contribution is 6.30. The Balaban J connectivity index is 1.65. The summed E-state index contributed by atoms with van der Waals surface area (Å²) in [5.41, 5.74) is 2.23. The molecule has 7 heteroatoms. The summed E-state index contributed by atoms with van der Waals surface area (Å²) in [6, 6.07) is 17.2. The number of benzene rings is 2. The predicted octanol–water partition coefficient (Wildman–Crippen LogP) is 2.88. The van der Waals surface area contributed by atoms with Crippen LogP contribution in [0.15, 0.2) is 59.4 Å². The Morgan fingerprint density at radius 3 is 2.41 bits per heavy atom. The number of nitrogens with zero attached hydrogens (tertiary/aromatic N) is 4. The summed E-state index contributed by atoms with van der Waals surface area (Å²) in [6.07, 6.45) is 0.440. The van der Waals surface area contributed by atoms with Gasteiger partial charge in [-0.15, -0.1) is 5.10 Å². The van der Waals surface area contributed by atoms with E-state index >= 15 is 0 Å². The number of aromatic nitrogens is 3. The second-order valence-electron chi connectivity index (χ2n) is 7.03. The summed E-state index contributed by atoms with van der Waals surface area (Å²) < 4.78 is 6.95. The molecule has 3 aromatic rings. The minimum absolute atomic E-state index is 0.145. The van der Waals surface area contributed by atoms with Crippen LogP contribution in [0.4, 0.5) is 0 Å². The number of ether oxygens (including phenoxy) is 1. The van der Waals surface area contributed by atoms with Crippen LogP contribution in [-0.2, 0) is 17.7 Å². The van der Waals surface area contributed by atoms with Crippen LogP contribution in [-0.4, -0.2) is 52.5 Å². The molecule has 0 unspecified atom stereocenters. The van der Waals surface area contributed by atoms with Crippen molar-refractivity contribution in [2.75, 3.05) is 32.8 Å². The van der Waals surface area contributed by atoms with Crippen LogP contribution in [0.3, 0.4) is 0 Å². The van der Waals surface area contributed by atoms with Crippen molar-refractivity contribution in [2.24, 2.45) is 0 Å². The summed E-state index contributed by atoms with van der Waals surface area (Å²) in [4.78, 5) is 20.0. The van der Waals surface area contributed by atoms with Crippen molar-refractivity contribution in [1.82, 2.24) is 19.7 Å². The molecule has 0 atom stereocenters. The van der Waals surface area contributed by atoms with E-state index in [1.165, 1.54) is 0 Å². The topological polar surface area (TPSA) is 60.2 Å².